The SMILES string of the molecule is C[C@@H]1C(=O)OC2[C@H](O)C34C(OC(=O)c5ccccc5)[C@@H]5OC(=O)C3(OC3OC(=O)[C@H](O)C34[C@@H]5C(C)(C)C)[C@]21O. The Hall–Kier alpha value is -3.06. The lowest BCUT2D eigenvalue weighted by molar-refractivity contribution is -0.281. The molecule has 4 heterocycles. The van der Waals surface area contributed by atoms with E-state index in [0.717, 1.165) is 0 Å². The van der Waals surface area contributed by atoms with Crippen molar-refractivity contribution in [2.45, 2.75) is 75.7 Å². The van der Waals surface area contributed by atoms with E-state index < -0.39 is 100.0 Å². The van der Waals surface area contributed by atoms with Crippen LogP contribution in [0, 0.1) is 28.1 Å². The van der Waals surface area contributed by atoms with E-state index in [9.17, 15) is 34.5 Å². The van der Waals surface area contributed by atoms with Crippen LogP contribution in [-0.2, 0) is 38.1 Å². The summed E-state index contributed by atoms with van der Waals surface area (Å²) in [6, 6.07) is 7.96. The maximum atomic E-state index is 14.1. The molecule has 7 rings (SSSR count). The Morgan fingerprint density at radius 2 is 1.67 bits per heavy atom. The van der Waals surface area contributed by atoms with E-state index in [1.54, 1.807) is 39.0 Å². The molecule has 12 nitrogen and oxygen atoms in total. The highest BCUT2D eigenvalue weighted by molar-refractivity contribution is 5.94. The van der Waals surface area contributed by atoms with Crippen LogP contribution in [0.1, 0.15) is 38.1 Å². The van der Waals surface area contributed by atoms with Gasteiger partial charge in [0.1, 0.15) is 12.2 Å². The van der Waals surface area contributed by atoms with Crippen molar-refractivity contribution in [2.75, 3.05) is 0 Å². The van der Waals surface area contributed by atoms with Gasteiger partial charge in [-0.2, -0.15) is 0 Å². The molecule has 6 fully saturated rings. The molecule has 4 saturated heterocycles. The van der Waals surface area contributed by atoms with Gasteiger partial charge in [-0.05, 0) is 24.5 Å². The second kappa shape index (κ2) is 6.98. The van der Waals surface area contributed by atoms with Gasteiger partial charge < -0.3 is 39.0 Å². The normalized spacial score (nSPS) is 50.6. The zero-order valence-electron chi connectivity index (χ0n) is 21.5. The predicted octanol–water partition coefficient (Wildman–Crippen LogP) is -0.534. The van der Waals surface area contributed by atoms with Crippen molar-refractivity contribution in [2.24, 2.45) is 28.1 Å². The summed E-state index contributed by atoms with van der Waals surface area (Å²) in [6.07, 6.45) is -10.1. The second-order valence-electron chi connectivity index (χ2n) is 12.5. The third kappa shape index (κ3) is 2.21. The summed E-state index contributed by atoms with van der Waals surface area (Å²) in [6.45, 7) is 6.65. The molecular formula is C27H28O12. The van der Waals surface area contributed by atoms with Gasteiger partial charge in [0.05, 0.1) is 22.3 Å². The molecule has 2 spiro atoms. The number of benzene rings is 1. The van der Waals surface area contributed by atoms with Gasteiger partial charge in [0.25, 0.3) is 0 Å². The van der Waals surface area contributed by atoms with Crippen LogP contribution in [0.2, 0.25) is 0 Å². The average molecular weight is 545 g/mol. The van der Waals surface area contributed by atoms with E-state index >= 15 is 0 Å². The van der Waals surface area contributed by atoms with Crippen molar-refractivity contribution in [3.63, 3.8) is 0 Å². The Labute approximate surface area is 222 Å². The van der Waals surface area contributed by atoms with E-state index in [4.69, 9.17) is 23.7 Å². The molecule has 12 atom stereocenters. The van der Waals surface area contributed by atoms with Crippen LogP contribution in [0.4, 0.5) is 0 Å². The summed E-state index contributed by atoms with van der Waals surface area (Å²) in [5.41, 5.74) is -9.97. The third-order valence-corrected chi connectivity index (χ3v) is 10.2. The molecule has 6 aliphatic rings. The van der Waals surface area contributed by atoms with Gasteiger partial charge in [-0.3, -0.25) is 4.79 Å². The standard InChI is InChI=1S/C27H28O12/c1-10-18(30)37-17-14(28)25-16(36-19(31)11-8-6-5-7-9-11)12-13(23(2,3)4)24(25)15(29)20(32)38-22(24)39-27(25,21(33)35-12)26(10,17)34/h5-10,12-17,22,28-29,34H,1-4H3/t10-,12-,13+,14+,15+,16?,17?,22?,24?,25?,26-,27?/m1/s1. The minimum atomic E-state index is -2.60. The number of fused-ring (bicyclic) bond motifs is 2. The zero-order valence-corrected chi connectivity index (χ0v) is 21.5. The summed E-state index contributed by atoms with van der Waals surface area (Å²) in [5.74, 6) is -6.30. The van der Waals surface area contributed by atoms with Crippen LogP contribution < -0.4 is 0 Å². The number of rotatable bonds is 2. The Kier molecular flexibility index (Phi) is 4.46. The largest absolute Gasteiger partial charge is 0.456 e. The minimum Gasteiger partial charge on any atom is -0.456 e. The zero-order chi connectivity index (χ0) is 28.1. The quantitative estimate of drug-likeness (QED) is 0.321. The van der Waals surface area contributed by atoms with Crippen LogP contribution in [0.3, 0.4) is 0 Å². The van der Waals surface area contributed by atoms with Crippen LogP contribution >= 0.6 is 0 Å². The third-order valence-electron chi connectivity index (χ3n) is 10.2. The molecule has 1 aromatic carbocycles. The highest BCUT2D eigenvalue weighted by atomic mass is 16.8. The van der Waals surface area contributed by atoms with Gasteiger partial charge in [0.15, 0.2) is 23.9 Å². The first kappa shape index (κ1) is 24.9. The molecule has 0 radical (unpaired) electrons. The number of carbonyl (C=O) groups is 4. The minimum absolute atomic E-state index is 0.152. The van der Waals surface area contributed by atoms with Gasteiger partial charge in [-0.25, -0.2) is 14.4 Å². The summed E-state index contributed by atoms with van der Waals surface area (Å²) < 4.78 is 29.1. The summed E-state index contributed by atoms with van der Waals surface area (Å²) in [4.78, 5) is 53.3. The van der Waals surface area contributed by atoms with Crippen LogP contribution in [-0.4, -0.2) is 87.2 Å². The first-order valence-electron chi connectivity index (χ1n) is 12.9. The number of ether oxygens (including phenoxy) is 5. The fourth-order valence-electron chi connectivity index (χ4n) is 9.12. The lowest BCUT2D eigenvalue weighted by Crippen LogP contribution is -2.74. The highest BCUT2D eigenvalue weighted by Gasteiger charge is 3.05. The van der Waals surface area contributed by atoms with Gasteiger partial charge >= 0.3 is 23.9 Å². The van der Waals surface area contributed by atoms with Gasteiger partial charge in [0.2, 0.25) is 11.9 Å². The monoisotopic (exact) mass is 544 g/mol. The molecule has 4 aliphatic heterocycles. The first-order chi connectivity index (χ1) is 18.2. The highest BCUT2D eigenvalue weighted by Crippen LogP contribution is 2.84. The molecule has 2 bridgehead atoms. The average Bonchev–Trinajstić information content (AvgIpc) is 3.49. The van der Waals surface area contributed by atoms with Crippen molar-refractivity contribution < 1.29 is 58.2 Å². The molecule has 39 heavy (non-hydrogen) atoms. The summed E-state index contributed by atoms with van der Waals surface area (Å²) in [7, 11) is 0. The van der Waals surface area contributed by atoms with E-state index in [-0.39, 0.29) is 5.56 Å². The van der Waals surface area contributed by atoms with Crippen LogP contribution in [0.25, 0.3) is 0 Å². The molecule has 0 aromatic heterocycles. The molecule has 3 N–H and O–H groups in total. The van der Waals surface area contributed by atoms with E-state index in [0.29, 0.717) is 0 Å². The number of aliphatic hydroxyl groups excluding tert-OH is 2. The van der Waals surface area contributed by atoms with Crippen molar-refractivity contribution in [3.05, 3.63) is 35.9 Å². The van der Waals surface area contributed by atoms with Crippen LogP contribution in [0.15, 0.2) is 30.3 Å². The number of esters is 4. The number of aliphatic hydroxyl groups is 3. The molecule has 0 amide bonds. The molecule has 208 valence electrons. The number of carbonyl (C=O) groups excluding carboxylic acids is 4. The topological polar surface area (TPSA) is 175 Å². The van der Waals surface area contributed by atoms with Gasteiger partial charge in [-0.15, -0.1) is 0 Å². The smallest absolute Gasteiger partial charge is 0.343 e. The summed E-state index contributed by atoms with van der Waals surface area (Å²) >= 11 is 0. The Balaban J connectivity index is 1.56. The fraction of sp³-hybridized carbons (Fsp3) is 0.630. The van der Waals surface area contributed by atoms with E-state index in [2.05, 4.69) is 0 Å². The van der Waals surface area contributed by atoms with Crippen LogP contribution in [0.5, 0.6) is 0 Å². The maximum Gasteiger partial charge on any atom is 0.343 e. The lowest BCUT2D eigenvalue weighted by Gasteiger charge is -2.51. The van der Waals surface area contributed by atoms with Crippen molar-refractivity contribution in [1.82, 2.24) is 0 Å². The molecule has 6 unspecified atom stereocenters. The Bertz CT molecular complexity index is 1340. The van der Waals surface area contributed by atoms with Gasteiger partial charge in [-0.1, -0.05) is 39.0 Å². The molecule has 2 aliphatic carbocycles. The number of hydrogen-bond acceptors (Lipinski definition) is 12. The second-order valence-corrected chi connectivity index (χ2v) is 12.5. The summed E-state index contributed by atoms with van der Waals surface area (Å²) in [5, 5.41) is 36.1. The molecular weight excluding hydrogens is 516 g/mol. The first-order valence-corrected chi connectivity index (χ1v) is 12.9. The van der Waals surface area contributed by atoms with E-state index in [1.807, 2.05) is 0 Å². The van der Waals surface area contributed by atoms with Crippen molar-refractivity contribution in [1.29, 1.82) is 0 Å². The number of hydrogen-bond donors (Lipinski definition) is 3. The van der Waals surface area contributed by atoms with Crippen molar-refractivity contribution >= 4 is 23.9 Å². The molecule has 2 saturated carbocycles. The molecule has 12 heteroatoms. The lowest BCUT2D eigenvalue weighted by atomic mass is 9.50. The fourth-order valence-corrected chi connectivity index (χ4v) is 9.12. The van der Waals surface area contributed by atoms with Gasteiger partial charge in [0, 0.05) is 5.92 Å². The Morgan fingerprint density at radius 3 is 2.31 bits per heavy atom. The predicted molar refractivity (Wildman–Crippen MR) is 123 cm³/mol. The Morgan fingerprint density at radius 1 is 1.00 bits per heavy atom. The van der Waals surface area contributed by atoms with E-state index in [1.165, 1.54) is 19.1 Å². The molecule has 1 aromatic rings. The maximum absolute atomic E-state index is 14.1. The van der Waals surface area contributed by atoms with Crippen molar-refractivity contribution in [3.8, 4) is 0 Å².